The third-order valence-electron chi connectivity index (χ3n) is 3.34. The van der Waals surface area contributed by atoms with Gasteiger partial charge in [-0.3, -0.25) is 0 Å². The van der Waals surface area contributed by atoms with Crippen molar-refractivity contribution in [1.29, 1.82) is 0 Å². The van der Waals surface area contributed by atoms with Crippen molar-refractivity contribution >= 4 is 0 Å². The minimum Gasteiger partial charge on any atom is -0.389 e. The van der Waals surface area contributed by atoms with Gasteiger partial charge in [0.1, 0.15) is 0 Å². The van der Waals surface area contributed by atoms with Crippen molar-refractivity contribution in [3.8, 4) is 0 Å². The van der Waals surface area contributed by atoms with E-state index in [0.717, 1.165) is 25.9 Å². The average molecular weight is 213 g/mol. The third kappa shape index (κ3) is 4.98. The molecule has 1 rings (SSSR count). The van der Waals surface area contributed by atoms with Gasteiger partial charge in [0.2, 0.25) is 0 Å². The molecule has 0 spiro atoms. The van der Waals surface area contributed by atoms with E-state index in [-0.39, 0.29) is 5.60 Å². The molecule has 0 aromatic heterocycles. The van der Waals surface area contributed by atoms with E-state index in [1.807, 2.05) is 0 Å². The van der Waals surface area contributed by atoms with Gasteiger partial charge < -0.3 is 10.0 Å². The molecule has 90 valence electrons. The number of likely N-dealkylation sites (N-methyl/N-ethyl adjacent to an activating group) is 1. The molecule has 0 aromatic carbocycles. The van der Waals surface area contributed by atoms with Crippen LogP contribution in [0.25, 0.3) is 0 Å². The van der Waals surface area contributed by atoms with Crippen LogP contribution in [0.3, 0.4) is 0 Å². The van der Waals surface area contributed by atoms with Gasteiger partial charge in [0.05, 0.1) is 5.60 Å². The molecule has 1 aliphatic carbocycles. The van der Waals surface area contributed by atoms with Gasteiger partial charge in [0, 0.05) is 6.54 Å². The van der Waals surface area contributed by atoms with Gasteiger partial charge in [0.15, 0.2) is 0 Å². The summed E-state index contributed by atoms with van der Waals surface area (Å²) in [5.41, 5.74) is 0.0131. The highest BCUT2D eigenvalue weighted by atomic mass is 16.3. The largest absolute Gasteiger partial charge is 0.389 e. The van der Waals surface area contributed by atoms with Crippen LogP contribution in [0.15, 0.2) is 0 Å². The molecule has 0 bridgehead atoms. The molecule has 0 aromatic rings. The summed E-state index contributed by atoms with van der Waals surface area (Å²) in [4.78, 5) is 2.29. The molecule has 1 N–H and O–H groups in total. The molecule has 0 atom stereocenters. The van der Waals surface area contributed by atoms with Crippen LogP contribution in [-0.4, -0.2) is 35.7 Å². The van der Waals surface area contributed by atoms with Crippen molar-refractivity contribution in [3.63, 3.8) is 0 Å². The number of nitrogens with zero attached hydrogens (tertiary/aromatic N) is 1. The van der Waals surface area contributed by atoms with Crippen molar-refractivity contribution < 1.29 is 5.11 Å². The molecule has 0 saturated heterocycles. The van der Waals surface area contributed by atoms with Crippen molar-refractivity contribution in [2.24, 2.45) is 5.41 Å². The second kappa shape index (κ2) is 4.84. The Bertz CT molecular complexity index is 189. The molecule has 0 unspecified atom stereocenters. The van der Waals surface area contributed by atoms with Gasteiger partial charge in [-0.1, -0.05) is 33.6 Å². The summed E-state index contributed by atoms with van der Waals surface area (Å²) in [7, 11) is 2.13. The van der Waals surface area contributed by atoms with Crippen molar-refractivity contribution in [3.05, 3.63) is 0 Å². The Balaban J connectivity index is 2.26. The molecule has 2 nitrogen and oxygen atoms in total. The van der Waals surface area contributed by atoms with Gasteiger partial charge in [0.25, 0.3) is 0 Å². The highest BCUT2D eigenvalue weighted by Gasteiger charge is 2.32. The minimum atomic E-state index is -0.382. The Morgan fingerprint density at radius 1 is 1.20 bits per heavy atom. The molecular formula is C13H27NO. The van der Waals surface area contributed by atoms with E-state index >= 15 is 0 Å². The van der Waals surface area contributed by atoms with E-state index in [0.29, 0.717) is 5.41 Å². The second-order valence-corrected chi connectivity index (χ2v) is 6.48. The zero-order chi connectivity index (χ0) is 11.5. The summed E-state index contributed by atoms with van der Waals surface area (Å²) in [6, 6.07) is 0. The maximum absolute atomic E-state index is 10.2. The lowest BCUT2D eigenvalue weighted by atomic mass is 9.92. The third-order valence-corrected chi connectivity index (χ3v) is 3.34. The molecule has 0 amide bonds. The van der Waals surface area contributed by atoms with E-state index < -0.39 is 0 Å². The maximum Gasteiger partial charge on any atom is 0.0774 e. The van der Waals surface area contributed by atoms with Gasteiger partial charge in [-0.05, 0) is 38.3 Å². The normalized spacial score (nSPS) is 21.2. The average Bonchev–Trinajstić information content (AvgIpc) is 2.47. The summed E-state index contributed by atoms with van der Waals surface area (Å²) < 4.78 is 0. The quantitative estimate of drug-likeness (QED) is 0.776. The fraction of sp³-hybridized carbons (Fsp3) is 1.00. The number of rotatable bonds is 4. The van der Waals surface area contributed by atoms with Crippen molar-refractivity contribution in [1.82, 2.24) is 4.90 Å². The highest BCUT2D eigenvalue weighted by Crippen LogP contribution is 2.30. The Kier molecular flexibility index (Phi) is 4.19. The molecule has 15 heavy (non-hydrogen) atoms. The Morgan fingerprint density at radius 2 is 1.73 bits per heavy atom. The summed E-state index contributed by atoms with van der Waals surface area (Å²) >= 11 is 0. The van der Waals surface area contributed by atoms with Crippen LogP contribution in [0.5, 0.6) is 0 Å². The Labute approximate surface area is 94.7 Å². The van der Waals surface area contributed by atoms with E-state index in [1.54, 1.807) is 0 Å². The monoisotopic (exact) mass is 213 g/mol. The predicted octanol–water partition coefficient (Wildman–Crippen LogP) is 2.66. The topological polar surface area (TPSA) is 23.5 Å². The van der Waals surface area contributed by atoms with Gasteiger partial charge in [-0.2, -0.15) is 0 Å². The zero-order valence-electron chi connectivity index (χ0n) is 10.8. The molecule has 0 heterocycles. The molecule has 2 heteroatoms. The first kappa shape index (κ1) is 13.0. The Hall–Kier alpha value is -0.0800. The lowest BCUT2D eigenvalue weighted by Gasteiger charge is -2.30. The van der Waals surface area contributed by atoms with Gasteiger partial charge in [-0.15, -0.1) is 0 Å². The first-order valence-electron chi connectivity index (χ1n) is 6.22. The lowest BCUT2D eigenvalue weighted by molar-refractivity contribution is 0.0143. The molecule has 0 radical (unpaired) electrons. The Morgan fingerprint density at radius 3 is 2.20 bits per heavy atom. The molecule has 0 aliphatic heterocycles. The predicted molar refractivity (Wildman–Crippen MR) is 65.0 cm³/mol. The van der Waals surface area contributed by atoms with Crippen molar-refractivity contribution in [2.45, 2.75) is 58.5 Å². The van der Waals surface area contributed by atoms with Crippen LogP contribution in [0, 0.1) is 5.41 Å². The number of hydrogen-bond acceptors (Lipinski definition) is 2. The van der Waals surface area contributed by atoms with E-state index in [2.05, 4.69) is 32.7 Å². The van der Waals surface area contributed by atoms with Crippen molar-refractivity contribution in [2.75, 3.05) is 20.1 Å². The summed E-state index contributed by atoms with van der Waals surface area (Å²) in [6.07, 6.45) is 5.58. The molecule has 1 saturated carbocycles. The molecular weight excluding hydrogens is 186 g/mol. The van der Waals surface area contributed by atoms with E-state index in [4.69, 9.17) is 0 Å². The zero-order valence-corrected chi connectivity index (χ0v) is 10.8. The first-order valence-corrected chi connectivity index (χ1v) is 6.22. The van der Waals surface area contributed by atoms with Gasteiger partial charge >= 0.3 is 0 Å². The summed E-state index contributed by atoms with van der Waals surface area (Å²) in [5.74, 6) is 0. The van der Waals surface area contributed by atoms with Crippen LogP contribution in [-0.2, 0) is 0 Å². The number of aliphatic hydroxyl groups is 1. The fourth-order valence-corrected chi connectivity index (χ4v) is 2.30. The molecule has 1 fully saturated rings. The van der Waals surface area contributed by atoms with Crippen LogP contribution in [0.1, 0.15) is 52.9 Å². The standard InChI is InChI=1S/C13H27NO/c1-12(2,3)9-10-14(4)11-13(15)7-5-6-8-13/h15H,5-11H2,1-4H3. The molecule has 1 aliphatic rings. The smallest absolute Gasteiger partial charge is 0.0774 e. The SMILES string of the molecule is CN(CCC(C)(C)C)CC1(O)CCCC1. The lowest BCUT2D eigenvalue weighted by Crippen LogP contribution is -2.40. The van der Waals surface area contributed by atoms with Gasteiger partial charge in [-0.25, -0.2) is 0 Å². The minimum absolute atomic E-state index is 0.382. The maximum atomic E-state index is 10.2. The van der Waals surface area contributed by atoms with Crippen LogP contribution in [0.2, 0.25) is 0 Å². The van der Waals surface area contributed by atoms with Crippen LogP contribution in [0.4, 0.5) is 0 Å². The highest BCUT2D eigenvalue weighted by molar-refractivity contribution is 4.86. The number of hydrogen-bond donors (Lipinski definition) is 1. The van der Waals surface area contributed by atoms with E-state index in [9.17, 15) is 5.11 Å². The fourth-order valence-electron chi connectivity index (χ4n) is 2.30. The summed E-state index contributed by atoms with van der Waals surface area (Å²) in [5, 5.41) is 10.2. The van der Waals surface area contributed by atoms with E-state index in [1.165, 1.54) is 19.3 Å². The van der Waals surface area contributed by atoms with Crippen LogP contribution >= 0.6 is 0 Å². The van der Waals surface area contributed by atoms with Crippen LogP contribution < -0.4 is 0 Å². The second-order valence-electron chi connectivity index (χ2n) is 6.48. The summed E-state index contributed by atoms with van der Waals surface area (Å²) in [6.45, 7) is 8.75. The first-order chi connectivity index (χ1) is 6.81.